The van der Waals surface area contributed by atoms with Crippen LogP contribution >= 0.6 is 0 Å². The highest BCUT2D eigenvalue weighted by Crippen LogP contribution is 2.23. The summed E-state index contributed by atoms with van der Waals surface area (Å²) in [5.41, 5.74) is 1.89. The zero-order chi connectivity index (χ0) is 9.97. The molecule has 1 aliphatic carbocycles. The third-order valence-corrected chi connectivity index (χ3v) is 2.44. The van der Waals surface area contributed by atoms with Gasteiger partial charge in [0, 0.05) is 6.42 Å². The summed E-state index contributed by atoms with van der Waals surface area (Å²) in [4.78, 5) is 11.3. The summed E-state index contributed by atoms with van der Waals surface area (Å²) in [6.45, 7) is 0. The molecule has 2 heteroatoms. The van der Waals surface area contributed by atoms with E-state index in [9.17, 15) is 4.79 Å². The zero-order valence-electron chi connectivity index (χ0n) is 7.86. The number of benzene rings is 1. The summed E-state index contributed by atoms with van der Waals surface area (Å²) in [6, 6.07) is 6.89. The average Bonchev–Trinajstić information content (AvgIpc) is 2.56. The van der Waals surface area contributed by atoms with E-state index >= 15 is 0 Å². The Kier molecular flexibility index (Phi) is 2.35. The van der Waals surface area contributed by atoms with Crippen molar-refractivity contribution in [3.05, 3.63) is 35.4 Å². The number of rotatable bonds is 1. The first-order valence-electron chi connectivity index (χ1n) is 4.78. The van der Waals surface area contributed by atoms with Gasteiger partial charge in [0.05, 0.1) is 0 Å². The van der Waals surface area contributed by atoms with Crippen LogP contribution in [0.25, 0.3) is 6.08 Å². The van der Waals surface area contributed by atoms with Gasteiger partial charge in [-0.1, -0.05) is 12.1 Å². The Morgan fingerprint density at radius 1 is 1.14 bits per heavy atom. The van der Waals surface area contributed by atoms with Crippen molar-refractivity contribution in [2.75, 3.05) is 0 Å². The van der Waals surface area contributed by atoms with E-state index in [0.717, 1.165) is 24.0 Å². The average molecular weight is 188 g/mol. The molecule has 0 heterocycles. The topological polar surface area (TPSA) is 37.3 Å². The lowest BCUT2D eigenvalue weighted by atomic mass is 10.1. The van der Waals surface area contributed by atoms with Crippen LogP contribution in [-0.2, 0) is 4.79 Å². The van der Waals surface area contributed by atoms with Gasteiger partial charge in [0.25, 0.3) is 0 Å². The van der Waals surface area contributed by atoms with Crippen molar-refractivity contribution in [3.63, 3.8) is 0 Å². The van der Waals surface area contributed by atoms with Crippen LogP contribution in [-0.4, -0.2) is 10.9 Å². The van der Waals surface area contributed by atoms with E-state index in [2.05, 4.69) is 0 Å². The van der Waals surface area contributed by atoms with Crippen LogP contribution in [0.15, 0.2) is 29.8 Å². The molecule has 0 amide bonds. The third kappa shape index (κ3) is 1.84. The van der Waals surface area contributed by atoms with Crippen LogP contribution in [0.5, 0.6) is 5.75 Å². The largest absolute Gasteiger partial charge is 0.508 e. The first-order valence-corrected chi connectivity index (χ1v) is 4.78. The van der Waals surface area contributed by atoms with Gasteiger partial charge >= 0.3 is 0 Å². The highest BCUT2D eigenvalue weighted by Gasteiger charge is 2.16. The number of phenols is 1. The van der Waals surface area contributed by atoms with E-state index in [1.807, 2.05) is 18.2 Å². The molecule has 1 aromatic rings. The quantitative estimate of drug-likeness (QED) is 0.687. The number of ketones is 1. The van der Waals surface area contributed by atoms with Gasteiger partial charge in [-0.3, -0.25) is 4.79 Å². The molecule has 0 aliphatic heterocycles. The van der Waals surface area contributed by atoms with Gasteiger partial charge in [0.1, 0.15) is 5.75 Å². The molecule has 1 N–H and O–H groups in total. The minimum atomic E-state index is 0.255. The third-order valence-electron chi connectivity index (χ3n) is 2.44. The molecule has 2 nitrogen and oxygen atoms in total. The molecule has 0 unspecified atom stereocenters. The zero-order valence-corrected chi connectivity index (χ0v) is 7.86. The van der Waals surface area contributed by atoms with Crippen LogP contribution in [0, 0.1) is 0 Å². The van der Waals surface area contributed by atoms with Crippen molar-refractivity contribution in [3.8, 4) is 5.75 Å². The van der Waals surface area contributed by atoms with Crippen molar-refractivity contribution >= 4 is 11.9 Å². The molecule has 2 rings (SSSR count). The fraction of sp³-hybridized carbons (Fsp3) is 0.250. The maximum Gasteiger partial charge on any atom is 0.158 e. The molecule has 1 aliphatic rings. The number of Topliss-reactive ketones (excluding diaryl/α,β-unsaturated/α-hetero) is 1. The second kappa shape index (κ2) is 3.66. The fourth-order valence-corrected chi connectivity index (χ4v) is 1.66. The Hall–Kier alpha value is -1.57. The van der Waals surface area contributed by atoms with Crippen molar-refractivity contribution in [2.24, 2.45) is 0 Å². The van der Waals surface area contributed by atoms with E-state index in [0.29, 0.717) is 6.42 Å². The molecule has 0 spiro atoms. The Morgan fingerprint density at radius 2 is 1.86 bits per heavy atom. The van der Waals surface area contributed by atoms with E-state index in [1.54, 1.807) is 12.1 Å². The highest BCUT2D eigenvalue weighted by molar-refractivity contribution is 6.01. The second-order valence-corrected chi connectivity index (χ2v) is 3.54. The van der Waals surface area contributed by atoms with Crippen molar-refractivity contribution < 1.29 is 9.90 Å². The molecule has 0 radical (unpaired) electrons. The van der Waals surface area contributed by atoms with Crippen molar-refractivity contribution in [1.82, 2.24) is 0 Å². The van der Waals surface area contributed by atoms with Gasteiger partial charge in [-0.2, -0.15) is 0 Å². The standard InChI is InChI=1S/C12H12O2/c13-11-6-4-9(5-7-11)8-10-2-1-3-12(10)14/h4-8,13H,1-3H2. The predicted molar refractivity (Wildman–Crippen MR) is 54.9 cm³/mol. The molecule has 0 saturated heterocycles. The number of carbonyl (C=O) groups excluding carboxylic acids is 1. The minimum absolute atomic E-state index is 0.255. The van der Waals surface area contributed by atoms with Gasteiger partial charge in [-0.25, -0.2) is 0 Å². The molecule has 0 atom stereocenters. The summed E-state index contributed by atoms with van der Waals surface area (Å²) in [6.07, 6.45) is 4.46. The Morgan fingerprint density at radius 3 is 2.43 bits per heavy atom. The van der Waals surface area contributed by atoms with Gasteiger partial charge in [-0.05, 0) is 42.2 Å². The van der Waals surface area contributed by atoms with Crippen LogP contribution in [0.3, 0.4) is 0 Å². The summed E-state index contributed by atoms with van der Waals surface area (Å²) in [7, 11) is 0. The summed E-state index contributed by atoms with van der Waals surface area (Å²) in [5, 5.41) is 9.08. The summed E-state index contributed by atoms with van der Waals surface area (Å²) in [5.74, 6) is 0.517. The van der Waals surface area contributed by atoms with E-state index in [-0.39, 0.29) is 11.5 Å². The SMILES string of the molecule is O=C1CCCC1=Cc1ccc(O)cc1. The number of hydrogen-bond acceptors (Lipinski definition) is 2. The van der Waals surface area contributed by atoms with Gasteiger partial charge in [0.2, 0.25) is 0 Å². The predicted octanol–water partition coefficient (Wildman–Crippen LogP) is 2.53. The molecule has 1 saturated carbocycles. The van der Waals surface area contributed by atoms with Crippen LogP contribution in [0.2, 0.25) is 0 Å². The van der Waals surface area contributed by atoms with Gasteiger partial charge in [0.15, 0.2) is 5.78 Å². The van der Waals surface area contributed by atoms with Crippen LogP contribution in [0.4, 0.5) is 0 Å². The fourth-order valence-electron chi connectivity index (χ4n) is 1.66. The normalized spacial score (nSPS) is 19.1. The van der Waals surface area contributed by atoms with Gasteiger partial charge in [-0.15, -0.1) is 0 Å². The smallest absolute Gasteiger partial charge is 0.158 e. The molecule has 1 aromatic carbocycles. The molecular formula is C12H12O2. The van der Waals surface area contributed by atoms with Crippen molar-refractivity contribution in [1.29, 1.82) is 0 Å². The molecule has 0 bridgehead atoms. The monoisotopic (exact) mass is 188 g/mol. The number of allylic oxidation sites excluding steroid dienone is 1. The maximum atomic E-state index is 11.3. The Balaban J connectivity index is 2.24. The van der Waals surface area contributed by atoms with Gasteiger partial charge < -0.3 is 5.11 Å². The highest BCUT2D eigenvalue weighted by atomic mass is 16.3. The maximum absolute atomic E-state index is 11.3. The Labute approximate surface area is 82.9 Å². The first kappa shape index (κ1) is 9.00. The van der Waals surface area contributed by atoms with Crippen LogP contribution < -0.4 is 0 Å². The number of phenolic OH excluding ortho intramolecular Hbond substituents is 1. The lowest BCUT2D eigenvalue weighted by Crippen LogP contribution is -1.90. The number of hydrogen-bond donors (Lipinski definition) is 1. The molecule has 72 valence electrons. The molecule has 1 fully saturated rings. The second-order valence-electron chi connectivity index (χ2n) is 3.54. The lowest BCUT2D eigenvalue weighted by Gasteiger charge is -1.96. The molecular weight excluding hydrogens is 176 g/mol. The number of carbonyl (C=O) groups is 1. The van der Waals surface area contributed by atoms with Crippen molar-refractivity contribution in [2.45, 2.75) is 19.3 Å². The van der Waals surface area contributed by atoms with Crippen LogP contribution in [0.1, 0.15) is 24.8 Å². The van der Waals surface area contributed by atoms with E-state index < -0.39 is 0 Å². The summed E-state index contributed by atoms with van der Waals surface area (Å²) < 4.78 is 0. The van der Waals surface area contributed by atoms with E-state index in [1.165, 1.54) is 0 Å². The minimum Gasteiger partial charge on any atom is -0.508 e. The first-order chi connectivity index (χ1) is 6.75. The summed E-state index contributed by atoms with van der Waals surface area (Å²) >= 11 is 0. The molecule has 0 aromatic heterocycles. The van der Waals surface area contributed by atoms with E-state index in [4.69, 9.17) is 5.11 Å². The number of aromatic hydroxyl groups is 1. The lowest BCUT2D eigenvalue weighted by molar-refractivity contribution is -0.114. The Bertz CT molecular complexity index is 374. The molecule has 14 heavy (non-hydrogen) atoms.